The number of H-pyrrole nitrogens is 3. The molecule has 0 radical (unpaired) electrons. The number of carbonyl (C=O) groups is 2. The Labute approximate surface area is 906 Å². The van der Waals surface area contributed by atoms with Crippen LogP contribution in [0.15, 0.2) is 225 Å². The van der Waals surface area contributed by atoms with E-state index in [-0.39, 0.29) is 103 Å². The summed E-state index contributed by atoms with van der Waals surface area (Å²) in [5, 5.41) is 6.98. The fourth-order valence-corrected chi connectivity index (χ4v) is 18.7. The third kappa shape index (κ3) is 24.8. The monoisotopic (exact) mass is 2100 g/mol. The number of fused-ring (bicyclic) bond motifs is 15. The minimum atomic E-state index is -5.26. The number of nitrogens with zero attached hydrogens (tertiary/aromatic N) is 4. The minimum Gasteiger partial charge on any atom is -0.790 e. The van der Waals surface area contributed by atoms with Crippen molar-refractivity contribution in [1.82, 2.24) is 29.1 Å². The first-order valence-corrected chi connectivity index (χ1v) is 51.4. The summed E-state index contributed by atoms with van der Waals surface area (Å²) in [6.45, 7) is 12.2. The van der Waals surface area contributed by atoms with Gasteiger partial charge >= 0.3 is 66.9 Å². The van der Waals surface area contributed by atoms with Crippen LogP contribution in [0.2, 0.25) is 0 Å². The van der Waals surface area contributed by atoms with Crippen LogP contribution in [0.1, 0.15) is 102 Å². The molecule has 0 fully saturated rings. The zero-order valence-electron chi connectivity index (χ0n) is 85.5. The van der Waals surface area contributed by atoms with Crippen LogP contribution in [-0.2, 0) is 66.9 Å². The number of anilines is 2. The number of aromatic nitrogens is 6. The number of phosphoric acid groups is 2. The number of phosphoric ester groups is 2. The Morgan fingerprint density at radius 2 is 0.760 bits per heavy atom. The van der Waals surface area contributed by atoms with Crippen LogP contribution in [-0.4, -0.2) is 140 Å². The van der Waals surface area contributed by atoms with E-state index in [9.17, 15) is 62.3 Å². The summed E-state index contributed by atoms with van der Waals surface area (Å²) in [6, 6.07) is 47.2. The van der Waals surface area contributed by atoms with Crippen molar-refractivity contribution in [3.05, 3.63) is 274 Å². The number of ether oxygens (including phenoxy) is 12. The number of carbonyl (C=O) groups excluding carboxylic acids is 2. The van der Waals surface area contributed by atoms with Gasteiger partial charge in [-0.3, -0.25) is 43.1 Å². The molecule has 6 N–H and O–H groups in total. The fourth-order valence-electron chi connectivity index (χ4n) is 18.1. The summed E-state index contributed by atoms with van der Waals surface area (Å²) in [6.07, 6.45) is 18.8. The van der Waals surface area contributed by atoms with E-state index in [4.69, 9.17) is 61.4 Å². The van der Waals surface area contributed by atoms with Gasteiger partial charge in [0.1, 0.15) is 93.5 Å². The average molecular weight is 2100 g/mol. The van der Waals surface area contributed by atoms with Crippen LogP contribution < -0.4 is 163 Å². The van der Waals surface area contributed by atoms with Crippen molar-refractivity contribution in [3.8, 4) is 125 Å². The van der Waals surface area contributed by atoms with E-state index in [1.54, 1.807) is 126 Å². The standard InChI is InChI=1S/C23H24N2O4.C22H22N2O4.C22H20N2O3.2C22H24NO8P.2Na/c1-4-11-29-19-12-18-16(9-10-20(26)25(18)2)21-22(19)24-13-17(23(21)27)14-5-7-15(28-3)8-6-14;1-3-10-28-18-11-17-15(8-9-19(25)24-17)20-21(18)23-12-16(22(20)26)13-4-6-14(27-2)7-5-13;1-3-10-27-19-11-15-12-23-9-8-17(15)20-21(19)24-13-18(22(20)25)14-4-6-16(26-2)7-5-14;2*1-3-9-29-18-11-15-8-10-30-22(15)19-20(18)23(13-31-32(25,26)27)12-17(21(19)24)14-4-6-16(28-2)7-5-14;;/h5-8,12-13H,4,9-11H2,1-3H3,(H,24,27);4-7,11-12H,3,8-10H2,1-2H3,(H,23,26)(H,24,25);4-9,11-13H,3,10H2,1-2H3,(H,24,25);2*4-7,11-12H,3,8-10,13H2,1-2H3,(H2,25,26,27);;/q;;;;;2*+1/p-2. The van der Waals surface area contributed by atoms with E-state index in [2.05, 4.69) is 36.7 Å². The summed E-state index contributed by atoms with van der Waals surface area (Å²) < 4.78 is 102. The molecule has 16 aromatic rings. The molecule has 2 amide bonds. The molecule has 10 heterocycles. The van der Waals surface area contributed by atoms with Gasteiger partial charge in [0.15, 0.2) is 16.3 Å². The maximum absolute atomic E-state index is 13.6. The Bertz CT molecular complexity index is 7900. The summed E-state index contributed by atoms with van der Waals surface area (Å²) in [4.78, 5) is 148. The molecular formula is C111H112N8Na2O27P2. The molecule has 0 aliphatic carbocycles. The van der Waals surface area contributed by atoms with E-state index >= 15 is 0 Å². The van der Waals surface area contributed by atoms with Crippen LogP contribution in [0, 0.1) is 0 Å². The first-order valence-electron chi connectivity index (χ1n) is 48.4. The molecule has 20 rings (SSSR count). The van der Waals surface area contributed by atoms with Crippen molar-refractivity contribution < 1.29 is 163 Å². The Kier molecular flexibility index (Phi) is 37.6. The van der Waals surface area contributed by atoms with Gasteiger partial charge in [-0.15, -0.1) is 0 Å². The number of benzene rings is 10. The van der Waals surface area contributed by atoms with E-state index in [1.165, 1.54) is 28.6 Å². The van der Waals surface area contributed by atoms with E-state index < -0.39 is 29.1 Å². The van der Waals surface area contributed by atoms with Crippen LogP contribution in [0.25, 0.3) is 121 Å². The molecule has 0 bridgehead atoms. The van der Waals surface area contributed by atoms with Gasteiger partial charge in [0.2, 0.25) is 22.7 Å². The number of pyridine rings is 6. The van der Waals surface area contributed by atoms with E-state index in [0.29, 0.717) is 230 Å². The van der Waals surface area contributed by atoms with Gasteiger partial charge in [-0.2, -0.15) is 0 Å². The molecule has 0 saturated heterocycles. The zero-order chi connectivity index (χ0) is 105. The maximum atomic E-state index is 13.6. The normalized spacial score (nSPS) is 12.6. The minimum absolute atomic E-state index is 0. The first-order chi connectivity index (χ1) is 71.5. The molecular weight excluding hydrogens is 1990 g/mol. The van der Waals surface area contributed by atoms with Crippen LogP contribution in [0.3, 0.4) is 0 Å². The Morgan fingerprint density at radius 3 is 1.15 bits per heavy atom. The van der Waals surface area contributed by atoms with Crippen LogP contribution >= 0.6 is 15.6 Å². The molecule has 0 unspecified atom stereocenters. The van der Waals surface area contributed by atoms with Crippen molar-refractivity contribution in [2.75, 3.05) is 99.1 Å². The molecule has 39 heteroatoms. The van der Waals surface area contributed by atoms with Gasteiger partial charge < -0.3 is 120 Å². The maximum Gasteiger partial charge on any atom is 1.00 e. The smallest absolute Gasteiger partial charge is 0.790 e. The van der Waals surface area contributed by atoms with Gasteiger partial charge in [0, 0.05) is 138 Å². The second-order valence-corrected chi connectivity index (χ2v) is 37.4. The molecule has 35 nitrogen and oxygen atoms in total. The van der Waals surface area contributed by atoms with Gasteiger partial charge in [-0.25, -0.2) is 4.57 Å². The molecule has 6 aromatic heterocycles. The summed E-state index contributed by atoms with van der Waals surface area (Å²) in [5.74, 6) is 7.07. The number of hydrogen-bond donors (Lipinski definition) is 6. The predicted molar refractivity (Wildman–Crippen MR) is 563 cm³/mol. The SMILES string of the molecule is CCCOc1cc2c(c3c(=O)c(-c4ccc(OC)cc4)c[nH]c13)CCC(=O)N2.CCCOc1cc2c(c3c(=O)c(-c4ccc(OC)cc4)c[nH]c13)CCC(=O)N2C.CCCOc1cc2c(c3c(=O)c(-c4ccc(OC)cc4)cn(COP(=O)(O)O)c13)OCC2.CCCOc1cc2c(c3c(=O)c(-c4ccc(OC)cc4)cn(COP(=O)([O-])[O-])c13)OCC2.CCCOc1cc2cnccc2c2c(=O)c(-c3ccc(OC)cc3)c[nH]c12.[Na+].[Na+]. The number of rotatable bonds is 31. The molecule has 4 aliphatic heterocycles. The molecule has 0 spiro atoms. The van der Waals surface area contributed by atoms with Crippen molar-refractivity contribution in [1.29, 1.82) is 0 Å². The number of aryl methyl sites for hydroxylation is 2. The number of nitrogens with one attached hydrogen (secondary N) is 4. The van der Waals surface area contributed by atoms with Crippen molar-refractivity contribution in [2.45, 2.75) is 119 Å². The van der Waals surface area contributed by atoms with Gasteiger partial charge in [0.05, 0.1) is 139 Å². The number of aromatic amines is 3. The van der Waals surface area contributed by atoms with Crippen molar-refractivity contribution in [2.24, 2.45) is 0 Å². The molecule has 0 atom stereocenters. The summed E-state index contributed by atoms with van der Waals surface area (Å²) in [7, 11) is -0.340. The number of amides is 2. The van der Waals surface area contributed by atoms with Crippen LogP contribution in [0.5, 0.6) is 69.0 Å². The molecule has 150 heavy (non-hydrogen) atoms. The molecule has 10 aromatic carbocycles. The quantitative estimate of drug-likeness (QED) is 0.0133. The van der Waals surface area contributed by atoms with E-state index in [0.717, 1.165) is 105 Å². The van der Waals surface area contributed by atoms with Crippen molar-refractivity contribution >= 4 is 104 Å². The Balaban J connectivity index is 0.000000147. The van der Waals surface area contributed by atoms with E-state index in [1.807, 2.05) is 131 Å². The Morgan fingerprint density at radius 1 is 0.407 bits per heavy atom. The third-order valence-corrected chi connectivity index (χ3v) is 26.2. The summed E-state index contributed by atoms with van der Waals surface area (Å²) in [5.41, 5.74) is 12.9. The largest absolute Gasteiger partial charge is 1.00 e. The Hall–Kier alpha value is -13.6. The average Bonchev–Trinajstić information content (AvgIpc) is 1.48. The predicted octanol–water partition coefficient (Wildman–Crippen LogP) is 12.0. The second-order valence-electron chi connectivity index (χ2n) is 35.0. The van der Waals surface area contributed by atoms with Gasteiger partial charge in [-0.05, 0) is 174 Å². The topological polar surface area (TPSA) is 455 Å². The zero-order valence-corrected chi connectivity index (χ0v) is 91.3. The first kappa shape index (κ1) is 112. The number of methoxy groups -OCH3 is 5. The molecule has 0 saturated carbocycles. The number of hydrogen-bond acceptors (Lipinski definition) is 26. The van der Waals surface area contributed by atoms with Crippen LogP contribution in [0.4, 0.5) is 11.4 Å². The third-order valence-electron chi connectivity index (χ3n) is 25.3. The van der Waals surface area contributed by atoms with Gasteiger partial charge in [0.25, 0.3) is 0 Å². The molecule has 4 aliphatic rings. The fraction of sp³-hybridized carbons (Fsp3) is 0.279. The van der Waals surface area contributed by atoms with Gasteiger partial charge in [-0.1, -0.05) is 95.3 Å². The van der Waals surface area contributed by atoms with Crippen molar-refractivity contribution in [3.63, 3.8) is 0 Å². The second kappa shape index (κ2) is 50.4. The summed E-state index contributed by atoms with van der Waals surface area (Å²) >= 11 is 0. The molecule has 770 valence electrons.